The van der Waals surface area contributed by atoms with Crippen molar-refractivity contribution in [2.75, 3.05) is 12.4 Å². The van der Waals surface area contributed by atoms with Crippen LogP contribution in [0.5, 0.6) is 5.88 Å². The van der Waals surface area contributed by atoms with Crippen molar-refractivity contribution in [3.05, 3.63) is 104 Å². The number of anilines is 1. The summed E-state index contributed by atoms with van der Waals surface area (Å²) in [7, 11) is 1.57. The summed E-state index contributed by atoms with van der Waals surface area (Å²) in [6.45, 7) is 2.06. The molecule has 172 valence electrons. The Bertz CT molecular complexity index is 1400. The number of methoxy groups -OCH3 is 1. The van der Waals surface area contributed by atoms with Gasteiger partial charge in [-0.2, -0.15) is 5.10 Å². The SMILES string of the molecule is COc1ccc(-c2ccc(C(=O)Nc3cccc(Cn4ncc(Cl)c(Cl)c4=O)c3C)cc2)cn1. The Morgan fingerprint density at radius 1 is 1.03 bits per heavy atom. The number of pyridine rings is 1. The van der Waals surface area contributed by atoms with Crippen LogP contribution in [0.3, 0.4) is 0 Å². The van der Waals surface area contributed by atoms with Crippen LogP contribution in [0.1, 0.15) is 21.5 Å². The highest BCUT2D eigenvalue weighted by Crippen LogP contribution is 2.23. The van der Waals surface area contributed by atoms with E-state index in [4.69, 9.17) is 27.9 Å². The van der Waals surface area contributed by atoms with Gasteiger partial charge >= 0.3 is 0 Å². The maximum absolute atomic E-state index is 12.9. The average Bonchev–Trinajstić information content (AvgIpc) is 2.86. The highest BCUT2D eigenvalue weighted by atomic mass is 35.5. The zero-order valence-corrected chi connectivity index (χ0v) is 19.9. The summed E-state index contributed by atoms with van der Waals surface area (Å²) >= 11 is 11.8. The summed E-state index contributed by atoms with van der Waals surface area (Å²) < 4.78 is 6.31. The highest BCUT2D eigenvalue weighted by molar-refractivity contribution is 6.41. The summed E-state index contributed by atoms with van der Waals surface area (Å²) in [4.78, 5) is 29.4. The Balaban J connectivity index is 1.51. The van der Waals surface area contributed by atoms with Gasteiger partial charge < -0.3 is 10.1 Å². The number of amides is 1. The molecule has 0 bridgehead atoms. The van der Waals surface area contributed by atoms with E-state index in [1.165, 1.54) is 10.9 Å². The van der Waals surface area contributed by atoms with Crippen molar-refractivity contribution >= 4 is 34.8 Å². The Morgan fingerprint density at radius 2 is 1.76 bits per heavy atom. The van der Waals surface area contributed by atoms with E-state index in [0.29, 0.717) is 17.1 Å². The second kappa shape index (κ2) is 10.1. The monoisotopic (exact) mass is 494 g/mol. The lowest BCUT2D eigenvalue weighted by atomic mass is 10.0. The third kappa shape index (κ3) is 4.95. The van der Waals surface area contributed by atoms with E-state index >= 15 is 0 Å². The van der Waals surface area contributed by atoms with Crippen molar-refractivity contribution in [3.63, 3.8) is 0 Å². The maximum atomic E-state index is 12.9. The van der Waals surface area contributed by atoms with E-state index in [1.807, 2.05) is 31.2 Å². The lowest BCUT2D eigenvalue weighted by Crippen LogP contribution is -2.24. The van der Waals surface area contributed by atoms with Gasteiger partial charge in [-0.1, -0.05) is 47.5 Å². The van der Waals surface area contributed by atoms with Crippen LogP contribution in [0.15, 0.2) is 71.8 Å². The number of carbonyl (C=O) groups is 1. The van der Waals surface area contributed by atoms with Crippen LogP contribution in [-0.4, -0.2) is 27.8 Å². The fraction of sp³-hybridized carbons (Fsp3) is 0.120. The smallest absolute Gasteiger partial charge is 0.287 e. The zero-order valence-electron chi connectivity index (χ0n) is 18.4. The van der Waals surface area contributed by atoms with E-state index in [-0.39, 0.29) is 22.5 Å². The molecule has 0 fully saturated rings. The molecule has 7 nitrogen and oxygen atoms in total. The molecule has 4 rings (SSSR count). The molecule has 0 radical (unpaired) electrons. The van der Waals surface area contributed by atoms with Crippen LogP contribution in [0.2, 0.25) is 10.0 Å². The third-order valence-electron chi connectivity index (χ3n) is 5.38. The third-order valence-corrected chi connectivity index (χ3v) is 6.13. The number of nitrogens with zero attached hydrogens (tertiary/aromatic N) is 3. The normalized spacial score (nSPS) is 10.7. The van der Waals surface area contributed by atoms with E-state index in [1.54, 1.807) is 43.6 Å². The van der Waals surface area contributed by atoms with Crippen LogP contribution in [0, 0.1) is 6.92 Å². The minimum Gasteiger partial charge on any atom is -0.481 e. The standard InChI is InChI=1S/C25H20Cl2N4O3/c1-15-19(14-31-25(33)23(27)20(26)13-29-31)4-3-5-21(15)30-24(32)17-8-6-16(7-9-17)18-10-11-22(34-2)28-12-18/h3-13H,14H2,1-2H3,(H,30,32). The molecular formula is C25H20Cl2N4O3. The Kier molecular flexibility index (Phi) is 6.95. The predicted molar refractivity (Wildman–Crippen MR) is 133 cm³/mol. The van der Waals surface area contributed by atoms with Gasteiger partial charge in [-0.05, 0) is 47.9 Å². The van der Waals surface area contributed by atoms with E-state index in [9.17, 15) is 9.59 Å². The Labute approximate surface area is 205 Å². The first-order chi connectivity index (χ1) is 16.4. The number of carbonyl (C=O) groups excluding carboxylic acids is 1. The van der Waals surface area contributed by atoms with Gasteiger partial charge in [0.15, 0.2) is 0 Å². The molecular weight excluding hydrogens is 475 g/mol. The van der Waals surface area contributed by atoms with Crippen molar-refractivity contribution in [2.45, 2.75) is 13.5 Å². The van der Waals surface area contributed by atoms with Gasteiger partial charge in [0.1, 0.15) is 5.02 Å². The largest absolute Gasteiger partial charge is 0.481 e. The van der Waals surface area contributed by atoms with Gasteiger partial charge in [0.25, 0.3) is 11.5 Å². The van der Waals surface area contributed by atoms with Crippen LogP contribution in [0.25, 0.3) is 11.1 Å². The van der Waals surface area contributed by atoms with Crippen molar-refractivity contribution in [1.82, 2.24) is 14.8 Å². The molecule has 0 aliphatic heterocycles. The first-order valence-electron chi connectivity index (χ1n) is 10.3. The lowest BCUT2D eigenvalue weighted by molar-refractivity contribution is 0.102. The van der Waals surface area contributed by atoms with Gasteiger partial charge in [-0.15, -0.1) is 0 Å². The van der Waals surface area contributed by atoms with E-state index in [2.05, 4.69) is 15.4 Å². The molecule has 0 saturated carbocycles. The second-order valence-corrected chi connectivity index (χ2v) is 8.26. The summed E-state index contributed by atoms with van der Waals surface area (Å²) in [5.74, 6) is 0.293. The summed E-state index contributed by atoms with van der Waals surface area (Å²) in [5, 5.41) is 7.01. The fourth-order valence-electron chi connectivity index (χ4n) is 3.39. The fourth-order valence-corrected chi connectivity index (χ4v) is 3.66. The molecule has 34 heavy (non-hydrogen) atoms. The molecule has 2 heterocycles. The molecule has 2 aromatic carbocycles. The molecule has 0 saturated heterocycles. The summed E-state index contributed by atoms with van der Waals surface area (Å²) in [6, 6.07) is 16.4. The number of hydrogen-bond donors (Lipinski definition) is 1. The van der Waals surface area contributed by atoms with Gasteiger partial charge in [0, 0.05) is 29.1 Å². The molecule has 0 atom stereocenters. The summed E-state index contributed by atoms with van der Waals surface area (Å²) in [5.41, 5.74) is 4.16. The second-order valence-electron chi connectivity index (χ2n) is 7.48. The van der Waals surface area contributed by atoms with Crippen molar-refractivity contribution in [3.8, 4) is 17.0 Å². The topological polar surface area (TPSA) is 86.1 Å². The van der Waals surface area contributed by atoms with Crippen LogP contribution in [0.4, 0.5) is 5.69 Å². The molecule has 0 unspecified atom stereocenters. The quantitative estimate of drug-likeness (QED) is 0.396. The summed E-state index contributed by atoms with van der Waals surface area (Å²) in [6.07, 6.45) is 3.05. The number of halogens is 2. The Hall–Kier alpha value is -3.68. The minimum absolute atomic E-state index is 0.0763. The number of rotatable bonds is 6. The minimum atomic E-state index is -0.477. The molecule has 9 heteroatoms. The average molecular weight is 495 g/mol. The van der Waals surface area contributed by atoms with Gasteiger partial charge in [-0.25, -0.2) is 9.67 Å². The highest BCUT2D eigenvalue weighted by Gasteiger charge is 2.13. The number of ether oxygens (including phenoxy) is 1. The number of nitrogens with one attached hydrogen (secondary N) is 1. The molecule has 4 aromatic rings. The lowest BCUT2D eigenvalue weighted by Gasteiger charge is -2.14. The van der Waals surface area contributed by atoms with Crippen molar-refractivity contribution in [1.29, 1.82) is 0 Å². The number of benzene rings is 2. The molecule has 0 spiro atoms. The Morgan fingerprint density at radius 3 is 2.44 bits per heavy atom. The van der Waals surface area contributed by atoms with Crippen molar-refractivity contribution < 1.29 is 9.53 Å². The molecule has 2 aromatic heterocycles. The molecule has 0 aliphatic rings. The van der Waals surface area contributed by atoms with E-state index < -0.39 is 5.56 Å². The first-order valence-corrected chi connectivity index (χ1v) is 11.0. The van der Waals surface area contributed by atoms with E-state index in [0.717, 1.165) is 22.3 Å². The predicted octanol–water partition coefficient (Wildman–Crippen LogP) is 5.23. The first kappa shape index (κ1) is 23.5. The van der Waals surface area contributed by atoms with Gasteiger partial charge in [0.05, 0.1) is 24.9 Å². The molecule has 0 aliphatic carbocycles. The van der Waals surface area contributed by atoms with Gasteiger partial charge in [0.2, 0.25) is 5.88 Å². The number of aromatic nitrogens is 3. The van der Waals surface area contributed by atoms with Gasteiger partial charge in [-0.3, -0.25) is 9.59 Å². The van der Waals surface area contributed by atoms with Crippen LogP contribution in [-0.2, 0) is 6.54 Å². The van der Waals surface area contributed by atoms with Crippen LogP contribution < -0.4 is 15.6 Å². The van der Waals surface area contributed by atoms with Crippen molar-refractivity contribution in [2.24, 2.45) is 0 Å². The number of hydrogen-bond acceptors (Lipinski definition) is 5. The molecule has 1 N–H and O–H groups in total. The van der Waals surface area contributed by atoms with Crippen LogP contribution >= 0.6 is 23.2 Å². The molecule has 1 amide bonds. The zero-order chi connectivity index (χ0) is 24.2. The maximum Gasteiger partial charge on any atom is 0.287 e.